The smallest absolute Gasteiger partial charge is 0.165 e. The van der Waals surface area contributed by atoms with Gasteiger partial charge in [-0.2, -0.15) is 5.10 Å². The Morgan fingerprint density at radius 2 is 2.14 bits per heavy atom. The van der Waals surface area contributed by atoms with E-state index in [2.05, 4.69) is 43.2 Å². The minimum Gasteiger partial charge on any atom is -0.497 e. The van der Waals surface area contributed by atoms with Gasteiger partial charge in [0.2, 0.25) is 0 Å². The van der Waals surface area contributed by atoms with Crippen molar-refractivity contribution in [2.75, 3.05) is 7.11 Å². The van der Waals surface area contributed by atoms with Crippen molar-refractivity contribution in [3.8, 4) is 5.75 Å². The summed E-state index contributed by atoms with van der Waals surface area (Å²) in [6.07, 6.45) is 9.29. The van der Waals surface area contributed by atoms with E-state index in [9.17, 15) is 4.79 Å². The molecular formula is C25H30N2O2. The molecule has 29 heavy (non-hydrogen) atoms. The molecule has 4 nitrogen and oxygen atoms in total. The van der Waals surface area contributed by atoms with E-state index in [4.69, 9.17) is 4.74 Å². The van der Waals surface area contributed by atoms with E-state index < -0.39 is 0 Å². The Morgan fingerprint density at radius 3 is 2.86 bits per heavy atom. The summed E-state index contributed by atoms with van der Waals surface area (Å²) in [6.45, 7) is 4.30. The van der Waals surface area contributed by atoms with E-state index in [-0.39, 0.29) is 5.41 Å². The van der Waals surface area contributed by atoms with Gasteiger partial charge in [-0.25, -0.2) is 0 Å². The van der Waals surface area contributed by atoms with Gasteiger partial charge in [-0.15, -0.1) is 0 Å². The fourth-order valence-electron chi connectivity index (χ4n) is 6.33. The highest BCUT2D eigenvalue weighted by Gasteiger charge is 2.56. The van der Waals surface area contributed by atoms with Gasteiger partial charge in [0, 0.05) is 23.7 Å². The van der Waals surface area contributed by atoms with Crippen LogP contribution < -0.4 is 4.74 Å². The second kappa shape index (κ2) is 6.58. The molecule has 1 heterocycles. The topological polar surface area (TPSA) is 44.1 Å². The Balaban J connectivity index is 1.48. The third-order valence-electron chi connectivity index (χ3n) is 8.18. The van der Waals surface area contributed by atoms with Crippen molar-refractivity contribution >= 4 is 11.9 Å². The van der Waals surface area contributed by atoms with Crippen molar-refractivity contribution in [2.45, 2.75) is 51.9 Å². The molecule has 0 N–H and O–H groups in total. The second-order valence-electron chi connectivity index (χ2n) is 9.45. The van der Waals surface area contributed by atoms with Crippen LogP contribution in [0.25, 0.3) is 6.08 Å². The number of benzene rings is 1. The zero-order valence-electron chi connectivity index (χ0n) is 17.9. The molecule has 4 atom stereocenters. The molecule has 0 aliphatic heterocycles. The molecule has 0 amide bonds. The number of fused-ring (bicyclic) bond motifs is 5. The summed E-state index contributed by atoms with van der Waals surface area (Å²) in [5.41, 5.74) is 5.94. The number of rotatable bonds is 2. The molecule has 2 saturated carbocycles. The highest BCUT2D eigenvalue weighted by molar-refractivity contribution is 6.06. The highest BCUT2D eigenvalue weighted by atomic mass is 16.5. The third kappa shape index (κ3) is 2.72. The van der Waals surface area contributed by atoms with Crippen molar-refractivity contribution in [3.05, 3.63) is 52.4 Å². The molecule has 0 saturated heterocycles. The number of nitrogens with zero attached hydrogens (tertiary/aromatic N) is 2. The van der Waals surface area contributed by atoms with E-state index in [0.29, 0.717) is 23.5 Å². The number of Topliss-reactive ketones (excluding diaryl/α,β-unsaturated/α-hetero) is 1. The Bertz CT molecular complexity index is 1020. The highest BCUT2D eigenvalue weighted by Crippen LogP contribution is 2.60. The molecule has 1 aromatic carbocycles. The summed E-state index contributed by atoms with van der Waals surface area (Å²) in [4.78, 5) is 13.5. The quantitative estimate of drug-likeness (QED) is 0.688. The molecule has 152 valence electrons. The lowest BCUT2D eigenvalue weighted by Crippen LogP contribution is -2.42. The van der Waals surface area contributed by atoms with Crippen LogP contribution in [0, 0.1) is 24.2 Å². The Kier molecular flexibility index (Phi) is 4.23. The molecule has 5 rings (SSSR count). The second-order valence-corrected chi connectivity index (χ2v) is 9.45. The van der Waals surface area contributed by atoms with E-state index in [1.807, 2.05) is 17.9 Å². The molecule has 0 unspecified atom stereocenters. The van der Waals surface area contributed by atoms with E-state index >= 15 is 0 Å². The first-order chi connectivity index (χ1) is 13.9. The fourth-order valence-corrected chi connectivity index (χ4v) is 6.33. The third-order valence-corrected chi connectivity index (χ3v) is 8.18. The van der Waals surface area contributed by atoms with Gasteiger partial charge in [-0.1, -0.05) is 13.0 Å². The van der Waals surface area contributed by atoms with Gasteiger partial charge >= 0.3 is 0 Å². The van der Waals surface area contributed by atoms with Crippen LogP contribution in [-0.4, -0.2) is 22.7 Å². The maximum absolute atomic E-state index is 13.5. The van der Waals surface area contributed by atoms with E-state index in [1.54, 1.807) is 7.11 Å². The number of ketones is 1. The lowest BCUT2D eigenvalue weighted by atomic mass is 9.55. The van der Waals surface area contributed by atoms with Crippen molar-refractivity contribution in [1.82, 2.24) is 9.78 Å². The molecule has 2 fully saturated rings. The van der Waals surface area contributed by atoms with Crippen molar-refractivity contribution in [1.29, 1.82) is 0 Å². The Labute approximate surface area is 173 Å². The fraction of sp³-hybridized carbons (Fsp3) is 0.520. The number of allylic oxidation sites excluding steroid dienone is 1. The molecule has 1 aromatic heterocycles. The van der Waals surface area contributed by atoms with E-state index in [1.165, 1.54) is 17.5 Å². The SMILES string of the molecule is COc1ccc2c(c1)CC[C@@H]1[C@@H]2CC[C@]2(C)C(=O)/C(=C/c3cnn(C)c3C)C[C@@H]12. The monoisotopic (exact) mass is 390 g/mol. The number of hydrogen-bond acceptors (Lipinski definition) is 3. The summed E-state index contributed by atoms with van der Waals surface area (Å²) in [6, 6.07) is 6.60. The molecule has 3 aliphatic rings. The summed E-state index contributed by atoms with van der Waals surface area (Å²) in [5, 5.41) is 4.35. The first kappa shape index (κ1) is 18.7. The predicted molar refractivity (Wildman–Crippen MR) is 114 cm³/mol. The molecule has 0 spiro atoms. The first-order valence-electron chi connectivity index (χ1n) is 10.8. The molecule has 3 aliphatic carbocycles. The number of aromatic nitrogens is 2. The number of aryl methyl sites for hydroxylation is 2. The van der Waals surface area contributed by atoms with Crippen LogP contribution in [0.3, 0.4) is 0 Å². The minimum absolute atomic E-state index is 0.201. The lowest BCUT2D eigenvalue weighted by Gasteiger charge is -2.48. The summed E-state index contributed by atoms with van der Waals surface area (Å²) in [7, 11) is 3.69. The molecule has 4 heteroatoms. The predicted octanol–water partition coefficient (Wildman–Crippen LogP) is 4.86. The van der Waals surface area contributed by atoms with Gasteiger partial charge in [0.25, 0.3) is 0 Å². The van der Waals surface area contributed by atoms with Gasteiger partial charge in [0.15, 0.2) is 5.78 Å². The normalized spacial score (nSPS) is 32.1. The van der Waals surface area contributed by atoms with Crippen molar-refractivity contribution in [2.24, 2.45) is 24.3 Å². The van der Waals surface area contributed by atoms with Crippen LogP contribution in [-0.2, 0) is 18.3 Å². The van der Waals surface area contributed by atoms with Crippen LogP contribution in [0.5, 0.6) is 5.75 Å². The van der Waals surface area contributed by atoms with Crippen LogP contribution in [0.15, 0.2) is 30.0 Å². The zero-order chi connectivity index (χ0) is 20.3. The molecule has 0 bridgehead atoms. The summed E-state index contributed by atoms with van der Waals surface area (Å²) >= 11 is 0. The van der Waals surface area contributed by atoms with Gasteiger partial charge < -0.3 is 4.74 Å². The summed E-state index contributed by atoms with van der Waals surface area (Å²) < 4.78 is 7.32. The van der Waals surface area contributed by atoms with Gasteiger partial charge in [-0.05, 0) is 91.7 Å². The summed E-state index contributed by atoms with van der Waals surface area (Å²) in [5.74, 6) is 2.96. The minimum atomic E-state index is -0.201. The van der Waals surface area contributed by atoms with Crippen LogP contribution in [0.1, 0.15) is 60.9 Å². The number of hydrogen-bond donors (Lipinski definition) is 0. The maximum atomic E-state index is 13.5. The zero-order valence-corrected chi connectivity index (χ0v) is 17.9. The number of carbonyl (C=O) groups is 1. The standard InChI is InChI=1S/C25H30N2O2/c1-15-18(14-26-27(15)3)11-17-13-23-22-7-5-16-12-19(29-4)6-8-20(16)21(22)9-10-25(23,2)24(17)28/h6,8,11-12,14,21-23H,5,7,9-10,13H2,1-4H3/b17-11+/t21-,22-,23+,25+/m1/s1. The average Bonchev–Trinajstić information content (AvgIpc) is 3.18. The Morgan fingerprint density at radius 1 is 1.31 bits per heavy atom. The van der Waals surface area contributed by atoms with Gasteiger partial charge in [-0.3, -0.25) is 9.48 Å². The van der Waals surface area contributed by atoms with Crippen LogP contribution in [0.2, 0.25) is 0 Å². The number of methoxy groups -OCH3 is 1. The molecule has 0 radical (unpaired) electrons. The van der Waals surface area contributed by atoms with Crippen LogP contribution in [0.4, 0.5) is 0 Å². The molecule has 2 aromatic rings. The van der Waals surface area contributed by atoms with E-state index in [0.717, 1.165) is 48.3 Å². The van der Waals surface area contributed by atoms with Crippen molar-refractivity contribution in [3.63, 3.8) is 0 Å². The maximum Gasteiger partial charge on any atom is 0.165 e. The Hall–Kier alpha value is -2.36. The average molecular weight is 391 g/mol. The number of ether oxygens (including phenoxy) is 1. The van der Waals surface area contributed by atoms with Gasteiger partial charge in [0.1, 0.15) is 5.75 Å². The molecular weight excluding hydrogens is 360 g/mol. The largest absolute Gasteiger partial charge is 0.497 e. The lowest BCUT2D eigenvalue weighted by molar-refractivity contribution is -0.127. The van der Waals surface area contributed by atoms with Gasteiger partial charge in [0.05, 0.1) is 13.3 Å². The number of carbonyl (C=O) groups excluding carboxylic acids is 1. The first-order valence-corrected chi connectivity index (χ1v) is 10.8. The van der Waals surface area contributed by atoms with Crippen molar-refractivity contribution < 1.29 is 9.53 Å². The van der Waals surface area contributed by atoms with Crippen LogP contribution >= 0.6 is 0 Å².